The molecule has 1 aromatic carbocycles. The van der Waals surface area contributed by atoms with E-state index in [0.29, 0.717) is 0 Å². The molecule has 0 bridgehead atoms. The molecule has 0 aromatic heterocycles. The summed E-state index contributed by atoms with van der Waals surface area (Å²) >= 11 is 0. The van der Waals surface area contributed by atoms with Gasteiger partial charge in [-0.1, -0.05) is 6.07 Å². The number of benzene rings is 1. The fraction of sp³-hybridized carbons (Fsp3) is 0.500. The molecule has 1 nitrogen and oxygen atoms in total. The van der Waals surface area contributed by atoms with E-state index in [1.54, 1.807) is 0 Å². The Morgan fingerprint density at radius 2 is 1.81 bits per heavy atom. The van der Waals surface area contributed by atoms with Gasteiger partial charge in [0.25, 0.3) is 0 Å². The normalized spacial score (nSPS) is 13.9. The second kappa shape index (κ2) is 4.87. The van der Waals surface area contributed by atoms with Crippen molar-refractivity contribution in [1.82, 2.24) is 5.32 Å². The predicted octanol–water partition coefficient (Wildman–Crippen LogP) is 3.36. The van der Waals surface area contributed by atoms with E-state index < -0.39 is 17.8 Å². The first-order valence-corrected chi connectivity index (χ1v) is 5.13. The molecule has 0 fully saturated rings. The number of hydrogen-bond acceptors (Lipinski definition) is 1. The summed E-state index contributed by atoms with van der Waals surface area (Å²) in [4.78, 5) is 0. The minimum Gasteiger partial charge on any atom is -0.309 e. The summed E-state index contributed by atoms with van der Waals surface area (Å²) < 4.78 is 39.1. The summed E-state index contributed by atoms with van der Waals surface area (Å²) in [6.45, 7) is 5.80. The summed E-state index contributed by atoms with van der Waals surface area (Å²) in [6, 6.07) is 3.09. The van der Waals surface area contributed by atoms with E-state index in [0.717, 1.165) is 12.1 Å². The van der Waals surface area contributed by atoms with Crippen LogP contribution in [0.5, 0.6) is 0 Å². The van der Waals surface area contributed by atoms with Crippen LogP contribution in [0.15, 0.2) is 18.2 Å². The Morgan fingerprint density at radius 1 is 1.19 bits per heavy atom. The van der Waals surface area contributed by atoms with Gasteiger partial charge in [0, 0.05) is 12.1 Å². The van der Waals surface area contributed by atoms with Crippen LogP contribution in [-0.4, -0.2) is 12.1 Å². The van der Waals surface area contributed by atoms with Crippen LogP contribution in [0.1, 0.15) is 32.5 Å². The quantitative estimate of drug-likeness (QED) is 0.841. The Balaban J connectivity index is 2.66. The van der Waals surface area contributed by atoms with E-state index in [1.165, 1.54) is 6.07 Å². The van der Waals surface area contributed by atoms with Gasteiger partial charge in [0.1, 0.15) is 6.17 Å². The maximum Gasteiger partial charge on any atom is 0.159 e. The van der Waals surface area contributed by atoms with E-state index in [1.807, 2.05) is 20.8 Å². The number of halogens is 3. The summed E-state index contributed by atoms with van der Waals surface area (Å²) in [7, 11) is 0. The molecule has 1 atom stereocenters. The third-order valence-corrected chi connectivity index (χ3v) is 2.12. The molecular weight excluding hydrogens is 215 g/mol. The highest BCUT2D eigenvalue weighted by Gasteiger charge is 2.16. The van der Waals surface area contributed by atoms with Crippen molar-refractivity contribution in [2.24, 2.45) is 0 Å². The average molecular weight is 231 g/mol. The lowest BCUT2D eigenvalue weighted by Crippen LogP contribution is -2.37. The van der Waals surface area contributed by atoms with Crippen molar-refractivity contribution >= 4 is 0 Å². The molecule has 0 amide bonds. The molecule has 0 aliphatic carbocycles. The van der Waals surface area contributed by atoms with Crippen LogP contribution in [0.4, 0.5) is 13.2 Å². The first-order valence-electron chi connectivity index (χ1n) is 5.13. The number of alkyl halides is 1. The van der Waals surface area contributed by atoms with Crippen LogP contribution >= 0.6 is 0 Å². The molecule has 0 aliphatic rings. The molecule has 0 saturated heterocycles. The summed E-state index contributed by atoms with van der Waals surface area (Å²) in [5.41, 5.74) is -0.0567. The van der Waals surface area contributed by atoms with E-state index in [-0.39, 0.29) is 17.6 Å². The van der Waals surface area contributed by atoms with Gasteiger partial charge in [-0.3, -0.25) is 0 Å². The third kappa shape index (κ3) is 3.85. The molecule has 16 heavy (non-hydrogen) atoms. The molecule has 1 rings (SSSR count). The Labute approximate surface area is 93.7 Å². The molecular formula is C12H16F3N. The standard InChI is InChI=1S/C12H16F3N/c1-12(2,3)16-7-11(15)8-4-5-9(13)10(14)6-8/h4-6,11,16H,7H2,1-3H3. The molecule has 1 N–H and O–H groups in total. The zero-order chi connectivity index (χ0) is 12.3. The van der Waals surface area contributed by atoms with Gasteiger partial charge in [-0.15, -0.1) is 0 Å². The summed E-state index contributed by atoms with van der Waals surface area (Å²) in [6.07, 6.45) is -1.34. The highest BCUT2D eigenvalue weighted by molar-refractivity contribution is 5.20. The zero-order valence-corrected chi connectivity index (χ0v) is 9.65. The second-order valence-corrected chi connectivity index (χ2v) is 4.77. The van der Waals surface area contributed by atoms with Crippen molar-refractivity contribution < 1.29 is 13.2 Å². The molecule has 4 heteroatoms. The van der Waals surface area contributed by atoms with Crippen LogP contribution < -0.4 is 5.32 Å². The van der Waals surface area contributed by atoms with Gasteiger partial charge in [-0.05, 0) is 38.5 Å². The van der Waals surface area contributed by atoms with E-state index in [9.17, 15) is 13.2 Å². The predicted molar refractivity (Wildman–Crippen MR) is 58.0 cm³/mol. The van der Waals surface area contributed by atoms with Gasteiger partial charge >= 0.3 is 0 Å². The van der Waals surface area contributed by atoms with E-state index >= 15 is 0 Å². The lowest BCUT2D eigenvalue weighted by Gasteiger charge is -2.22. The first-order chi connectivity index (χ1) is 7.29. The molecule has 0 radical (unpaired) electrons. The van der Waals surface area contributed by atoms with Crippen molar-refractivity contribution in [3.63, 3.8) is 0 Å². The molecule has 90 valence electrons. The Bertz CT molecular complexity index is 358. The molecule has 1 unspecified atom stereocenters. The Morgan fingerprint density at radius 3 is 2.31 bits per heavy atom. The van der Waals surface area contributed by atoms with Gasteiger partial charge in [0.15, 0.2) is 11.6 Å². The van der Waals surface area contributed by atoms with Crippen LogP contribution in [0, 0.1) is 11.6 Å². The minimum absolute atomic E-state index is 0.0779. The first kappa shape index (κ1) is 13.0. The van der Waals surface area contributed by atoms with Crippen LogP contribution in [0.2, 0.25) is 0 Å². The largest absolute Gasteiger partial charge is 0.309 e. The van der Waals surface area contributed by atoms with E-state index in [4.69, 9.17) is 0 Å². The average Bonchev–Trinajstić information content (AvgIpc) is 2.17. The smallest absolute Gasteiger partial charge is 0.159 e. The molecule has 0 saturated carbocycles. The van der Waals surface area contributed by atoms with Crippen molar-refractivity contribution in [1.29, 1.82) is 0 Å². The second-order valence-electron chi connectivity index (χ2n) is 4.77. The minimum atomic E-state index is -1.34. The van der Waals surface area contributed by atoms with Gasteiger partial charge in [-0.2, -0.15) is 0 Å². The Kier molecular flexibility index (Phi) is 3.97. The third-order valence-electron chi connectivity index (χ3n) is 2.12. The SMILES string of the molecule is CC(C)(C)NCC(F)c1ccc(F)c(F)c1. The van der Waals surface area contributed by atoms with Gasteiger partial charge in [0.05, 0.1) is 0 Å². The summed E-state index contributed by atoms with van der Waals surface area (Å²) in [5, 5.41) is 2.96. The lowest BCUT2D eigenvalue weighted by molar-refractivity contribution is 0.290. The zero-order valence-electron chi connectivity index (χ0n) is 9.65. The fourth-order valence-corrected chi connectivity index (χ4v) is 1.22. The molecule has 0 aliphatic heterocycles. The topological polar surface area (TPSA) is 12.0 Å². The Hall–Kier alpha value is -1.03. The van der Waals surface area contributed by atoms with Crippen molar-refractivity contribution in [3.8, 4) is 0 Å². The summed E-state index contributed by atoms with van der Waals surface area (Å²) in [5.74, 6) is -1.98. The monoisotopic (exact) mass is 231 g/mol. The molecule has 1 aromatic rings. The number of hydrogen-bond donors (Lipinski definition) is 1. The highest BCUT2D eigenvalue weighted by Crippen LogP contribution is 2.19. The fourth-order valence-electron chi connectivity index (χ4n) is 1.22. The number of nitrogens with one attached hydrogen (secondary N) is 1. The van der Waals surface area contributed by atoms with Crippen molar-refractivity contribution in [3.05, 3.63) is 35.4 Å². The van der Waals surface area contributed by atoms with Gasteiger partial charge in [-0.25, -0.2) is 13.2 Å². The van der Waals surface area contributed by atoms with Crippen molar-refractivity contribution in [2.45, 2.75) is 32.5 Å². The van der Waals surface area contributed by atoms with Crippen LogP contribution in [0.3, 0.4) is 0 Å². The molecule has 0 spiro atoms. The lowest BCUT2D eigenvalue weighted by atomic mass is 10.1. The van der Waals surface area contributed by atoms with Gasteiger partial charge in [0.2, 0.25) is 0 Å². The van der Waals surface area contributed by atoms with Crippen LogP contribution in [-0.2, 0) is 0 Å². The number of rotatable bonds is 3. The maximum atomic E-state index is 13.6. The molecule has 0 heterocycles. The van der Waals surface area contributed by atoms with Crippen molar-refractivity contribution in [2.75, 3.05) is 6.54 Å². The highest BCUT2D eigenvalue weighted by atomic mass is 19.2. The van der Waals surface area contributed by atoms with E-state index in [2.05, 4.69) is 5.32 Å². The van der Waals surface area contributed by atoms with Crippen LogP contribution in [0.25, 0.3) is 0 Å². The van der Waals surface area contributed by atoms with Gasteiger partial charge < -0.3 is 5.32 Å². The maximum absolute atomic E-state index is 13.6.